The highest BCUT2D eigenvalue weighted by Gasteiger charge is 2.33. The van der Waals surface area contributed by atoms with Gasteiger partial charge in [-0.3, -0.25) is 0 Å². The van der Waals surface area contributed by atoms with Gasteiger partial charge in [-0.2, -0.15) is 0 Å². The van der Waals surface area contributed by atoms with Crippen LogP contribution in [0.25, 0.3) is 0 Å². The van der Waals surface area contributed by atoms with Gasteiger partial charge in [-0.05, 0) is 46.5 Å². The summed E-state index contributed by atoms with van der Waals surface area (Å²) < 4.78 is 19.4. The van der Waals surface area contributed by atoms with Crippen molar-refractivity contribution in [3.05, 3.63) is 34.1 Å². The molecule has 0 radical (unpaired) electrons. The topological polar surface area (TPSA) is 9.23 Å². The highest BCUT2D eigenvalue weighted by molar-refractivity contribution is 9.10. The fraction of sp³-hybridized carbons (Fsp3) is 0.538. The predicted octanol–water partition coefficient (Wildman–Crippen LogP) is 4.84. The van der Waals surface area contributed by atoms with E-state index >= 15 is 0 Å². The van der Waals surface area contributed by atoms with Crippen molar-refractivity contribution in [3.8, 4) is 0 Å². The molecule has 1 aromatic carbocycles. The SMILES string of the molecule is CCC1OCCC1C(Br)c1ccc(F)c(Br)c1. The van der Waals surface area contributed by atoms with E-state index in [9.17, 15) is 4.39 Å². The molecule has 1 aromatic rings. The molecule has 94 valence electrons. The Balaban J connectivity index is 2.18. The Kier molecular flexibility index (Phi) is 4.61. The molecule has 0 spiro atoms. The van der Waals surface area contributed by atoms with Crippen LogP contribution in [0.4, 0.5) is 4.39 Å². The van der Waals surface area contributed by atoms with Gasteiger partial charge in [0.25, 0.3) is 0 Å². The Morgan fingerprint density at radius 1 is 1.53 bits per heavy atom. The van der Waals surface area contributed by atoms with Crippen LogP contribution in [0.15, 0.2) is 22.7 Å². The molecular formula is C13H15Br2FO. The van der Waals surface area contributed by atoms with Crippen LogP contribution in [0.2, 0.25) is 0 Å². The number of alkyl halides is 1. The van der Waals surface area contributed by atoms with E-state index < -0.39 is 0 Å². The number of hydrogen-bond donors (Lipinski definition) is 0. The molecule has 1 saturated heterocycles. The first-order chi connectivity index (χ1) is 8.13. The summed E-state index contributed by atoms with van der Waals surface area (Å²) in [6, 6.07) is 5.19. The highest BCUT2D eigenvalue weighted by Crippen LogP contribution is 2.41. The second kappa shape index (κ2) is 5.81. The van der Waals surface area contributed by atoms with E-state index in [0.717, 1.165) is 25.0 Å². The van der Waals surface area contributed by atoms with Gasteiger partial charge < -0.3 is 4.74 Å². The lowest BCUT2D eigenvalue weighted by atomic mass is 9.92. The van der Waals surface area contributed by atoms with Crippen molar-refractivity contribution in [2.45, 2.75) is 30.7 Å². The van der Waals surface area contributed by atoms with Crippen LogP contribution in [0.5, 0.6) is 0 Å². The first kappa shape index (κ1) is 13.5. The highest BCUT2D eigenvalue weighted by atomic mass is 79.9. The van der Waals surface area contributed by atoms with Crippen LogP contribution < -0.4 is 0 Å². The molecule has 0 saturated carbocycles. The molecule has 0 aromatic heterocycles. The number of ether oxygens (including phenoxy) is 1. The molecule has 0 N–H and O–H groups in total. The van der Waals surface area contributed by atoms with Gasteiger partial charge in [0.15, 0.2) is 0 Å². The Morgan fingerprint density at radius 3 is 2.94 bits per heavy atom. The van der Waals surface area contributed by atoms with Gasteiger partial charge in [0, 0.05) is 17.4 Å². The zero-order chi connectivity index (χ0) is 12.4. The second-order valence-electron chi connectivity index (χ2n) is 4.35. The van der Waals surface area contributed by atoms with Gasteiger partial charge in [0.1, 0.15) is 5.82 Å². The van der Waals surface area contributed by atoms with Crippen molar-refractivity contribution in [1.82, 2.24) is 0 Å². The third kappa shape index (κ3) is 2.91. The number of benzene rings is 1. The summed E-state index contributed by atoms with van der Waals surface area (Å²) in [5.41, 5.74) is 1.10. The fourth-order valence-corrected chi connectivity index (χ4v) is 3.64. The lowest BCUT2D eigenvalue weighted by Crippen LogP contribution is -2.19. The molecular weight excluding hydrogens is 351 g/mol. The minimum atomic E-state index is -0.219. The van der Waals surface area contributed by atoms with Crippen molar-refractivity contribution < 1.29 is 9.13 Å². The molecule has 3 atom stereocenters. The first-order valence-corrected chi connectivity index (χ1v) is 7.55. The maximum Gasteiger partial charge on any atom is 0.137 e. The Hall–Kier alpha value is 0.0700. The summed E-state index contributed by atoms with van der Waals surface area (Å²) in [4.78, 5) is 0.229. The van der Waals surface area contributed by atoms with Crippen molar-refractivity contribution in [3.63, 3.8) is 0 Å². The van der Waals surface area contributed by atoms with Gasteiger partial charge in [0.2, 0.25) is 0 Å². The van der Waals surface area contributed by atoms with Crippen LogP contribution in [-0.4, -0.2) is 12.7 Å². The average molecular weight is 366 g/mol. The van der Waals surface area contributed by atoms with Gasteiger partial charge >= 0.3 is 0 Å². The van der Waals surface area contributed by atoms with E-state index in [0.29, 0.717) is 16.5 Å². The van der Waals surface area contributed by atoms with E-state index in [2.05, 4.69) is 38.8 Å². The smallest absolute Gasteiger partial charge is 0.137 e. The van der Waals surface area contributed by atoms with E-state index in [1.54, 1.807) is 0 Å². The van der Waals surface area contributed by atoms with E-state index in [4.69, 9.17) is 4.74 Å². The Morgan fingerprint density at radius 2 is 2.29 bits per heavy atom. The summed E-state index contributed by atoms with van der Waals surface area (Å²) in [5, 5.41) is 0. The molecule has 17 heavy (non-hydrogen) atoms. The van der Waals surface area contributed by atoms with Crippen molar-refractivity contribution in [2.24, 2.45) is 5.92 Å². The Bertz CT molecular complexity index is 397. The lowest BCUT2D eigenvalue weighted by Gasteiger charge is -2.23. The van der Waals surface area contributed by atoms with Gasteiger partial charge in [-0.1, -0.05) is 28.9 Å². The third-order valence-electron chi connectivity index (χ3n) is 3.30. The normalized spacial score (nSPS) is 26.1. The standard InChI is InChI=1S/C13H15Br2FO/c1-2-12-9(5-6-17-12)13(15)8-3-4-11(16)10(14)7-8/h3-4,7,9,12-13H,2,5-6H2,1H3. The molecule has 1 heterocycles. The zero-order valence-electron chi connectivity index (χ0n) is 9.63. The van der Waals surface area contributed by atoms with Crippen LogP contribution in [0.1, 0.15) is 30.2 Å². The largest absolute Gasteiger partial charge is 0.378 e. The quantitative estimate of drug-likeness (QED) is 0.696. The summed E-state index contributed by atoms with van der Waals surface area (Å²) in [7, 11) is 0. The zero-order valence-corrected chi connectivity index (χ0v) is 12.8. The summed E-state index contributed by atoms with van der Waals surface area (Å²) >= 11 is 6.96. The van der Waals surface area contributed by atoms with Crippen molar-refractivity contribution in [1.29, 1.82) is 0 Å². The van der Waals surface area contributed by atoms with E-state index in [1.807, 2.05) is 12.1 Å². The molecule has 1 fully saturated rings. The van der Waals surface area contributed by atoms with Crippen LogP contribution in [0.3, 0.4) is 0 Å². The molecule has 1 aliphatic rings. The Labute approximate surface area is 118 Å². The summed E-state index contributed by atoms with van der Waals surface area (Å²) in [6.45, 7) is 2.97. The fourth-order valence-electron chi connectivity index (χ4n) is 2.35. The molecule has 1 nitrogen and oxygen atoms in total. The first-order valence-electron chi connectivity index (χ1n) is 5.84. The predicted molar refractivity (Wildman–Crippen MR) is 73.9 cm³/mol. The van der Waals surface area contributed by atoms with Gasteiger partial charge in [-0.25, -0.2) is 4.39 Å². The molecule has 3 unspecified atom stereocenters. The van der Waals surface area contributed by atoms with E-state index in [1.165, 1.54) is 6.07 Å². The maximum atomic E-state index is 13.2. The monoisotopic (exact) mass is 364 g/mol. The molecule has 4 heteroatoms. The molecule has 0 amide bonds. The van der Waals surface area contributed by atoms with Crippen molar-refractivity contribution in [2.75, 3.05) is 6.61 Å². The van der Waals surface area contributed by atoms with Crippen LogP contribution in [-0.2, 0) is 4.74 Å². The van der Waals surface area contributed by atoms with E-state index in [-0.39, 0.29) is 10.6 Å². The summed E-state index contributed by atoms with van der Waals surface area (Å²) in [6.07, 6.45) is 2.39. The van der Waals surface area contributed by atoms with Gasteiger partial charge in [-0.15, -0.1) is 0 Å². The number of rotatable bonds is 3. The maximum absolute atomic E-state index is 13.2. The van der Waals surface area contributed by atoms with Crippen LogP contribution in [0, 0.1) is 11.7 Å². The third-order valence-corrected chi connectivity index (χ3v) is 5.12. The number of hydrogen-bond acceptors (Lipinski definition) is 1. The average Bonchev–Trinajstić information content (AvgIpc) is 2.80. The van der Waals surface area contributed by atoms with Crippen LogP contribution >= 0.6 is 31.9 Å². The molecule has 2 rings (SSSR count). The summed E-state index contributed by atoms with van der Waals surface area (Å²) in [5.74, 6) is 0.250. The lowest BCUT2D eigenvalue weighted by molar-refractivity contribution is 0.0873. The minimum Gasteiger partial charge on any atom is -0.378 e. The molecule has 1 aliphatic heterocycles. The second-order valence-corrected chi connectivity index (χ2v) is 6.19. The molecule has 0 bridgehead atoms. The van der Waals surface area contributed by atoms with Crippen molar-refractivity contribution >= 4 is 31.9 Å². The molecule has 0 aliphatic carbocycles. The van der Waals surface area contributed by atoms with Gasteiger partial charge in [0.05, 0.1) is 10.6 Å². The minimum absolute atomic E-state index is 0.219. The number of halogens is 3.